The molecule has 0 aliphatic heterocycles. The van der Waals surface area contributed by atoms with Gasteiger partial charge in [0.05, 0.1) is 19.8 Å². The Bertz CT molecular complexity index is 239. The van der Waals surface area contributed by atoms with Gasteiger partial charge in [-0.1, -0.05) is 27.2 Å². The second-order valence-electron chi connectivity index (χ2n) is 5.19. The molecule has 0 saturated carbocycles. The smallest absolute Gasteiger partial charge is 0.191 e. The van der Waals surface area contributed by atoms with Gasteiger partial charge in [0.1, 0.15) is 0 Å². The van der Waals surface area contributed by atoms with Gasteiger partial charge >= 0.3 is 0 Å². The van der Waals surface area contributed by atoms with Crippen LogP contribution in [0.5, 0.6) is 0 Å². The van der Waals surface area contributed by atoms with E-state index in [0.717, 1.165) is 38.5 Å². The number of rotatable bonds is 12. The monoisotopic (exact) mass is 415 g/mol. The molecule has 2 N–H and O–H groups in total. The van der Waals surface area contributed by atoms with Crippen molar-refractivity contribution in [2.24, 2.45) is 10.9 Å². The highest BCUT2D eigenvalue weighted by molar-refractivity contribution is 14.0. The molecular formula is C15H34IN3O2. The summed E-state index contributed by atoms with van der Waals surface area (Å²) in [6, 6.07) is 0. The van der Waals surface area contributed by atoms with Crippen LogP contribution in [0.25, 0.3) is 0 Å². The van der Waals surface area contributed by atoms with Crippen molar-refractivity contribution in [3.8, 4) is 0 Å². The zero-order chi connectivity index (χ0) is 15.1. The van der Waals surface area contributed by atoms with Crippen LogP contribution in [0.15, 0.2) is 4.99 Å². The van der Waals surface area contributed by atoms with Crippen LogP contribution >= 0.6 is 24.0 Å². The van der Waals surface area contributed by atoms with Crippen LogP contribution in [0.2, 0.25) is 0 Å². The SMILES string of the molecule is CCCCOCCOCCNC(=NC)NCCC(C)C.I. The van der Waals surface area contributed by atoms with Crippen molar-refractivity contribution in [2.45, 2.75) is 40.0 Å². The molecule has 6 heteroatoms. The topological polar surface area (TPSA) is 54.9 Å². The Kier molecular flexibility index (Phi) is 19.8. The van der Waals surface area contributed by atoms with Crippen molar-refractivity contribution in [1.29, 1.82) is 0 Å². The summed E-state index contributed by atoms with van der Waals surface area (Å²) in [4.78, 5) is 4.17. The van der Waals surface area contributed by atoms with Crippen LogP contribution in [-0.4, -0.2) is 52.5 Å². The second kappa shape index (κ2) is 18.0. The van der Waals surface area contributed by atoms with Crippen molar-refractivity contribution >= 4 is 29.9 Å². The second-order valence-corrected chi connectivity index (χ2v) is 5.19. The van der Waals surface area contributed by atoms with E-state index in [1.807, 2.05) is 0 Å². The number of unbranched alkanes of at least 4 members (excludes halogenated alkanes) is 1. The molecular weight excluding hydrogens is 381 g/mol. The van der Waals surface area contributed by atoms with Crippen molar-refractivity contribution in [3.05, 3.63) is 0 Å². The van der Waals surface area contributed by atoms with Gasteiger partial charge < -0.3 is 20.1 Å². The Balaban J connectivity index is 0. The number of nitrogens with zero attached hydrogens (tertiary/aromatic N) is 1. The Morgan fingerprint density at radius 3 is 2.19 bits per heavy atom. The molecule has 0 spiro atoms. The molecule has 0 aliphatic rings. The molecule has 5 nitrogen and oxygen atoms in total. The first-order valence-corrected chi connectivity index (χ1v) is 7.80. The number of halogens is 1. The lowest BCUT2D eigenvalue weighted by atomic mass is 10.1. The average Bonchev–Trinajstić information content (AvgIpc) is 2.43. The van der Waals surface area contributed by atoms with E-state index in [4.69, 9.17) is 9.47 Å². The number of hydrogen-bond donors (Lipinski definition) is 2. The van der Waals surface area contributed by atoms with Gasteiger partial charge in [-0.15, -0.1) is 24.0 Å². The van der Waals surface area contributed by atoms with Crippen LogP contribution in [0.1, 0.15) is 40.0 Å². The summed E-state index contributed by atoms with van der Waals surface area (Å²) in [6.45, 7) is 11.1. The van der Waals surface area contributed by atoms with Gasteiger partial charge in [0.25, 0.3) is 0 Å². The molecule has 0 aromatic heterocycles. The van der Waals surface area contributed by atoms with Crippen LogP contribution < -0.4 is 10.6 Å². The Morgan fingerprint density at radius 2 is 1.62 bits per heavy atom. The normalized spacial score (nSPS) is 11.4. The summed E-state index contributed by atoms with van der Waals surface area (Å²) in [7, 11) is 1.78. The third kappa shape index (κ3) is 17.9. The van der Waals surface area contributed by atoms with Gasteiger partial charge in [-0.05, 0) is 18.8 Å². The molecule has 0 rings (SSSR count). The molecule has 0 atom stereocenters. The van der Waals surface area contributed by atoms with Gasteiger partial charge in [-0.3, -0.25) is 4.99 Å². The quantitative estimate of drug-likeness (QED) is 0.223. The maximum absolute atomic E-state index is 5.48. The van der Waals surface area contributed by atoms with Gasteiger partial charge in [0, 0.05) is 26.7 Å². The first kappa shape index (κ1) is 23.2. The zero-order valence-electron chi connectivity index (χ0n) is 14.1. The summed E-state index contributed by atoms with van der Waals surface area (Å²) in [6.07, 6.45) is 3.44. The Labute approximate surface area is 147 Å². The van der Waals surface area contributed by atoms with Crippen molar-refractivity contribution in [3.63, 3.8) is 0 Å². The fourth-order valence-corrected chi connectivity index (χ4v) is 1.51. The summed E-state index contributed by atoms with van der Waals surface area (Å²) in [5.41, 5.74) is 0. The lowest BCUT2D eigenvalue weighted by molar-refractivity contribution is 0.0487. The van der Waals surface area contributed by atoms with Gasteiger partial charge in [0.15, 0.2) is 5.96 Å². The van der Waals surface area contributed by atoms with Crippen molar-refractivity contribution in [1.82, 2.24) is 10.6 Å². The maximum atomic E-state index is 5.48. The van der Waals surface area contributed by atoms with E-state index in [9.17, 15) is 0 Å². The standard InChI is InChI=1S/C15H33N3O2.HI/c1-5-6-10-19-12-13-20-11-9-18-15(16-4)17-8-7-14(2)3;/h14H,5-13H2,1-4H3,(H2,16,17,18);1H. The van der Waals surface area contributed by atoms with Crippen LogP contribution in [-0.2, 0) is 9.47 Å². The van der Waals surface area contributed by atoms with Crippen molar-refractivity contribution < 1.29 is 9.47 Å². The van der Waals surface area contributed by atoms with E-state index in [1.165, 1.54) is 6.42 Å². The predicted octanol–water partition coefficient (Wildman–Crippen LogP) is 2.65. The largest absolute Gasteiger partial charge is 0.379 e. The van der Waals surface area contributed by atoms with E-state index in [1.54, 1.807) is 7.05 Å². The van der Waals surface area contributed by atoms with Gasteiger partial charge in [-0.2, -0.15) is 0 Å². The molecule has 0 aromatic rings. The van der Waals surface area contributed by atoms with Crippen LogP contribution in [0.4, 0.5) is 0 Å². The average molecular weight is 415 g/mol. The fraction of sp³-hybridized carbons (Fsp3) is 0.933. The molecule has 0 fully saturated rings. The minimum absolute atomic E-state index is 0. The van der Waals surface area contributed by atoms with Crippen molar-refractivity contribution in [2.75, 3.05) is 46.6 Å². The van der Waals surface area contributed by atoms with E-state index >= 15 is 0 Å². The molecule has 0 unspecified atom stereocenters. The summed E-state index contributed by atoms with van der Waals surface area (Å²) in [5, 5.41) is 6.51. The molecule has 0 aromatic carbocycles. The summed E-state index contributed by atoms with van der Waals surface area (Å²) < 4.78 is 10.9. The third-order valence-electron chi connectivity index (χ3n) is 2.79. The zero-order valence-corrected chi connectivity index (χ0v) is 16.4. The molecule has 21 heavy (non-hydrogen) atoms. The number of ether oxygens (including phenoxy) is 2. The highest BCUT2D eigenvalue weighted by atomic mass is 127. The number of guanidine groups is 1. The lowest BCUT2D eigenvalue weighted by Crippen LogP contribution is -2.39. The van der Waals surface area contributed by atoms with Crippen LogP contribution in [0.3, 0.4) is 0 Å². The highest BCUT2D eigenvalue weighted by Gasteiger charge is 1.98. The van der Waals surface area contributed by atoms with E-state index in [0.29, 0.717) is 25.7 Å². The van der Waals surface area contributed by atoms with E-state index in [2.05, 4.69) is 36.4 Å². The lowest BCUT2D eigenvalue weighted by Gasteiger charge is -2.13. The molecule has 0 radical (unpaired) electrons. The highest BCUT2D eigenvalue weighted by Crippen LogP contribution is 1.95. The molecule has 128 valence electrons. The molecule has 0 saturated heterocycles. The van der Waals surface area contributed by atoms with Gasteiger partial charge in [-0.25, -0.2) is 0 Å². The molecule has 0 bridgehead atoms. The predicted molar refractivity (Wildman–Crippen MR) is 101 cm³/mol. The fourth-order valence-electron chi connectivity index (χ4n) is 1.51. The Morgan fingerprint density at radius 1 is 1.00 bits per heavy atom. The maximum Gasteiger partial charge on any atom is 0.191 e. The van der Waals surface area contributed by atoms with E-state index < -0.39 is 0 Å². The molecule has 0 amide bonds. The van der Waals surface area contributed by atoms with E-state index in [-0.39, 0.29) is 24.0 Å². The molecule has 0 aliphatic carbocycles. The number of aliphatic imine (C=N–C) groups is 1. The third-order valence-corrected chi connectivity index (χ3v) is 2.79. The van der Waals surface area contributed by atoms with Gasteiger partial charge in [0.2, 0.25) is 0 Å². The number of nitrogens with one attached hydrogen (secondary N) is 2. The summed E-state index contributed by atoms with van der Waals surface area (Å²) in [5.74, 6) is 1.55. The molecule has 0 heterocycles. The summed E-state index contributed by atoms with van der Waals surface area (Å²) >= 11 is 0. The Hall–Kier alpha value is -0.0800. The first-order chi connectivity index (χ1) is 9.70. The first-order valence-electron chi connectivity index (χ1n) is 7.80. The van der Waals surface area contributed by atoms with Crippen LogP contribution in [0, 0.1) is 5.92 Å². The minimum atomic E-state index is 0. The minimum Gasteiger partial charge on any atom is -0.379 e. The number of hydrogen-bond acceptors (Lipinski definition) is 3.